The average Bonchev–Trinajstić information content (AvgIpc) is 2.86. The largest absolute Gasteiger partial charge is 1.00 e. The first-order chi connectivity index (χ1) is 15.6. The molecule has 3 nitrogen and oxygen atoms in total. The highest BCUT2D eigenvalue weighted by Crippen LogP contribution is 2.17. The number of carbonyl (C=O) groups is 1. The molecule has 33 heavy (non-hydrogen) atoms. The topological polar surface area (TPSA) is 23.6 Å². The molecule has 2 heterocycles. The number of benzene rings is 2. The Morgan fingerprint density at radius 2 is 1.30 bits per heavy atom. The molecule has 2 fully saturated rings. The van der Waals surface area contributed by atoms with Crippen molar-refractivity contribution in [2.45, 2.75) is 64.0 Å². The Kier molecular flexibility index (Phi) is 15.7. The zero-order chi connectivity index (χ0) is 23.0. The van der Waals surface area contributed by atoms with Crippen LogP contribution in [0, 0.1) is 0 Å². The lowest BCUT2D eigenvalue weighted by Crippen LogP contribution is -3.00. The highest BCUT2D eigenvalue weighted by Gasteiger charge is 2.17. The minimum absolute atomic E-state index is 0. The van der Waals surface area contributed by atoms with Gasteiger partial charge >= 0.3 is 0 Å². The van der Waals surface area contributed by atoms with Crippen LogP contribution >= 0.6 is 0 Å². The first-order valence-corrected chi connectivity index (χ1v) is 12.3. The number of hydrogen-bond donors (Lipinski definition) is 0. The Morgan fingerprint density at radius 3 is 1.73 bits per heavy atom. The van der Waals surface area contributed by atoms with Gasteiger partial charge in [-0.25, -0.2) is 0 Å². The molecule has 2 aromatic rings. The van der Waals surface area contributed by atoms with Crippen LogP contribution in [0.25, 0.3) is 6.08 Å². The van der Waals surface area contributed by atoms with Crippen molar-refractivity contribution in [3.8, 4) is 0 Å². The van der Waals surface area contributed by atoms with Crippen LogP contribution in [0.2, 0.25) is 0 Å². The minimum atomic E-state index is 0. The van der Waals surface area contributed by atoms with E-state index in [1.54, 1.807) is 0 Å². The molecule has 2 aliphatic rings. The van der Waals surface area contributed by atoms with Crippen LogP contribution in [-0.2, 0) is 11.2 Å². The summed E-state index contributed by atoms with van der Waals surface area (Å²) in [6.07, 6.45) is 14.3. The maximum Gasteiger partial charge on any atom is 0.137 e. The second kappa shape index (κ2) is 17.7. The van der Waals surface area contributed by atoms with Crippen molar-refractivity contribution in [1.82, 2.24) is 9.80 Å². The van der Waals surface area contributed by atoms with Gasteiger partial charge in [-0.3, -0.25) is 9.80 Å². The van der Waals surface area contributed by atoms with E-state index in [0.717, 1.165) is 25.7 Å². The summed E-state index contributed by atoms with van der Waals surface area (Å²) in [4.78, 5) is 14.9. The molecular formula is C29H42BrN2O-. The standard InChI is InChI=1S/C14H19N.C8H10.C7H13NO.BrH/c1-15-12-6-5-9-14(15)11-10-13-7-3-2-4-8-13;1-2-8-6-4-3-5-7-8;1-8-5-3-2-4-7(8)6-9;/h2-4,7-8,10-11,14H,5-6,9,12H2,1H3;3-7H,2H2,1H3;6-7H,2-5H2,1H3;1H/p-1. The molecule has 4 rings (SSSR count). The second-order valence-electron chi connectivity index (χ2n) is 8.83. The summed E-state index contributed by atoms with van der Waals surface area (Å²) in [6, 6.07) is 21.8. The maximum absolute atomic E-state index is 10.3. The van der Waals surface area contributed by atoms with Gasteiger partial charge < -0.3 is 21.8 Å². The third-order valence-electron chi connectivity index (χ3n) is 6.37. The molecule has 2 atom stereocenters. The number of aryl methyl sites for hydroxylation is 1. The van der Waals surface area contributed by atoms with Gasteiger partial charge in [0.2, 0.25) is 0 Å². The maximum atomic E-state index is 10.3. The summed E-state index contributed by atoms with van der Waals surface area (Å²) in [6.45, 7) is 4.49. The van der Waals surface area contributed by atoms with Gasteiger partial charge in [-0.15, -0.1) is 0 Å². The highest BCUT2D eigenvalue weighted by atomic mass is 79.9. The molecule has 0 radical (unpaired) electrons. The van der Waals surface area contributed by atoms with Crippen molar-refractivity contribution in [2.24, 2.45) is 0 Å². The van der Waals surface area contributed by atoms with Crippen molar-refractivity contribution in [3.63, 3.8) is 0 Å². The van der Waals surface area contributed by atoms with Gasteiger partial charge in [0, 0.05) is 6.04 Å². The average molecular weight is 515 g/mol. The number of aldehydes is 1. The molecule has 2 unspecified atom stereocenters. The third kappa shape index (κ3) is 11.8. The van der Waals surface area contributed by atoms with Crippen molar-refractivity contribution < 1.29 is 21.8 Å². The molecule has 2 aromatic carbocycles. The SMILES string of the molecule is CCc1ccccc1.CN1CCCCC1C=Cc1ccccc1.CN1CCCCC1C=O.[Br-]. The molecule has 0 saturated carbocycles. The minimum Gasteiger partial charge on any atom is -1.00 e. The summed E-state index contributed by atoms with van der Waals surface area (Å²) in [7, 11) is 4.23. The number of likely N-dealkylation sites (tertiary alicyclic amines) is 2. The van der Waals surface area contributed by atoms with Gasteiger partial charge in [-0.2, -0.15) is 0 Å². The molecule has 4 heteroatoms. The van der Waals surface area contributed by atoms with E-state index in [-0.39, 0.29) is 23.0 Å². The summed E-state index contributed by atoms with van der Waals surface area (Å²) < 4.78 is 0. The Balaban J connectivity index is 0.000000261. The summed E-state index contributed by atoms with van der Waals surface area (Å²) in [5, 5.41) is 0. The molecule has 0 spiro atoms. The van der Waals surface area contributed by atoms with E-state index >= 15 is 0 Å². The Labute approximate surface area is 212 Å². The third-order valence-corrected chi connectivity index (χ3v) is 6.37. The summed E-state index contributed by atoms with van der Waals surface area (Å²) >= 11 is 0. The zero-order valence-corrected chi connectivity index (χ0v) is 22.3. The normalized spacial score (nSPS) is 21.1. The number of hydrogen-bond acceptors (Lipinski definition) is 3. The van der Waals surface area contributed by atoms with E-state index < -0.39 is 0 Å². The van der Waals surface area contributed by atoms with E-state index in [1.165, 1.54) is 49.8 Å². The van der Waals surface area contributed by atoms with Crippen LogP contribution < -0.4 is 17.0 Å². The van der Waals surface area contributed by atoms with Gasteiger partial charge in [-0.1, -0.05) is 92.6 Å². The van der Waals surface area contributed by atoms with Crippen LogP contribution in [0.5, 0.6) is 0 Å². The van der Waals surface area contributed by atoms with Crippen molar-refractivity contribution in [1.29, 1.82) is 0 Å². The first kappa shape index (κ1) is 29.3. The predicted octanol–water partition coefficient (Wildman–Crippen LogP) is 3.11. The van der Waals surface area contributed by atoms with E-state index in [0.29, 0.717) is 6.04 Å². The first-order valence-electron chi connectivity index (χ1n) is 12.3. The fourth-order valence-corrected chi connectivity index (χ4v) is 4.12. The number of likely N-dealkylation sites (N-methyl/N-ethyl adjacent to an activating group) is 2. The number of nitrogens with zero attached hydrogens (tertiary/aromatic N) is 2. The van der Waals surface area contributed by atoms with Crippen LogP contribution in [0.1, 0.15) is 56.6 Å². The number of rotatable bonds is 4. The fraction of sp³-hybridized carbons (Fsp3) is 0.483. The van der Waals surface area contributed by atoms with Crippen molar-refractivity contribution in [2.75, 3.05) is 27.2 Å². The summed E-state index contributed by atoms with van der Waals surface area (Å²) in [5.41, 5.74) is 2.71. The molecule has 0 amide bonds. The van der Waals surface area contributed by atoms with Crippen LogP contribution in [0.15, 0.2) is 66.7 Å². The Bertz CT molecular complexity index is 766. The highest BCUT2D eigenvalue weighted by molar-refractivity contribution is 5.57. The number of carbonyl (C=O) groups excluding carboxylic acids is 1. The van der Waals surface area contributed by atoms with Gasteiger partial charge in [0.15, 0.2) is 0 Å². The molecule has 0 aliphatic carbocycles. The van der Waals surface area contributed by atoms with Crippen LogP contribution in [-0.4, -0.2) is 55.4 Å². The number of piperidine rings is 2. The van der Waals surface area contributed by atoms with Crippen molar-refractivity contribution in [3.05, 3.63) is 77.9 Å². The van der Waals surface area contributed by atoms with Gasteiger partial charge in [0.05, 0.1) is 6.04 Å². The van der Waals surface area contributed by atoms with Gasteiger partial charge in [0.25, 0.3) is 0 Å². The predicted molar refractivity (Wildman–Crippen MR) is 138 cm³/mol. The molecule has 0 N–H and O–H groups in total. The Morgan fingerprint density at radius 1 is 0.788 bits per heavy atom. The molecular weight excluding hydrogens is 472 g/mol. The van der Waals surface area contributed by atoms with E-state index in [4.69, 9.17) is 0 Å². The zero-order valence-electron chi connectivity index (χ0n) is 20.7. The van der Waals surface area contributed by atoms with Gasteiger partial charge in [0.1, 0.15) is 6.29 Å². The smallest absolute Gasteiger partial charge is 0.137 e. The van der Waals surface area contributed by atoms with Crippen LogP contribution in [0.4, 0.5) is 0 Å². The van der Waals surface area contributed by atoms with Crippen LogP contribution in [0.3, 0.4) is 0 Å². The second-order valence-corrected chi connectivity index (χ2v) is 8.83. The number of halogens is 1. The lowest BCUT2D eigenvalue weighted by atomic mass is 10.0. The van der Waals surface area contributed by atoms with E-state index in [1.807, 2.05) is 13.1 Å². The molecule has 2 saturated heterocycles. The van der Waals surface area contributed by atoms with Gasteiger partial charge in [-0.05, 0) is 70.4 Å². The van der Waals surface area contributed by atoms with E-state index in [2.05, 4.69) is 90.5 Å². The fourth-order valence-electron chi connectivity index (χ4n) is 4.12. The lowest BCUT2D eigenvalue weighted by molar-refractivity contribution is -0.112. The molecule has 2 aliphatic heterocycles. The summed E-state index contributed by atoms with van der Waals surface area (Å²) in [5.74, 6) is 0. The monoisotopic (exact) mass is 513 g/mol. The molecule has 0 aromatic heterocycles. The van der Waals surface area contributed by atoms with Crippen molar-refractivity contribution >= 4 is 12.4 Å². The molecule has 0 bridgehead atoms. The molecule has 182 valence electrons. The lowest BCUT2D eigenvalue weighted by Gasteiger charge is -2.30. The van der Waals surface area contributed by atoms with E-state index in [9.17, 15) is 4.79 Å². The quantitative estimate of drug-likeness (QED) is 0.586. The Hall–Kier alpha value is -1.75.